The van der Waals surface area contributed by atoms with Gasteiger partial charge in [0.1, 0.15) is 17.8 Å². The van der Waals surface area contributed by atoms with Crippen LogP contribution in [0.1, 0.15) is 32.3 Å². The molecule has 2 atom stereocenters. The minimum atomic E-state index is -0.415. The van der Waals surface area contributed by atoms with E-state index in [1.54, 1.807) is 21.0 Å². The predicted molar refractivity (Wildman–Crippen MR) is 88.6 cm³/mol. The number of methoxy groups -OCH3 is 1. The molecule has 0 aromatic heterocycles. The molecule has 1 fully saturated rings. The molecule has 0 amide bonds. The standard InChI is InChI=1S/C18H25NO5/c1-4-23-17(20)15-10-11-16(18(21)24-5-2)19(15)12-13-6-8-14(22-3)9-7-13/h6-9,15-16H,4-5,10-12H2,1-3H3/t15-,16+. The molecule has 1 aromatic rings. The minimum Gasteiger partial charge on any atom is -0.497 e. The fourth-order valence-corrected chi connectivity index (χ4v) is 3.01. The van der Waals surface area contributed by atoms with Gasteiger partial charge >= 0.3 is 11.9 Å². The Morgan fingerprint density at radius 2 is 1.50 bits per heavy atom. The van der Waals surface area contributed by atoms with Crippen LogP contribution in [0.5, 0.6) is 5.75 Å². The van der Waals surface area contributed by atoms with Gasteiger partial charge in [0.15, 0.2) is 0 Å². The molecule has 6 nitrogen and oxygen atoms in total. The number of benzene rings is 1. The zero-order valence-corrected chi connectivity index (χ0v) is 14.5. The number of carbonyl (C=O) groups excluding carboxylic acids is 2. The summed E-state index contributed by atoms with van der Waals surface area (Å²) in [5.41, 5.74) is 1.00. The highest BCUT2D eigenvalue weighted by molar-refractivity contribution is 5.81. The first-order valence-electron chi connectivity index (χ1n) is 8.32. The average molecular weight is 335 g/mol. The number of carbonyl (C=O) groups is 2. The Labute approximate surface area is 142 Å². The van der Waals surface area contributed by atoms with Gasteiger partial charge in [0.05, 0.1) is 20.3 Å². The number of hydrogen-bond acceptors (Lipinski definition) is 6. The molecule has 0 bridgehead atoms. The number of likely N-dealkylation sites (tertiary alicyclic amines) is 1. The Kier molecular flexibility index (Phi) is 6.61. The van der Waals surface area contributed by atoms with Crippen LogP contribution in [-0.2, 0) is 25.6 Å². The summed E-state index contributed by atoms with van der Waals surface area (Å²) in [4.78, 5) is 26.4. The molecule has 1 aliphatic rings. The number of esters is 2. The summed E-state index contributed by atoms with van der Waals surface area (Å²) in [5, 5.41) is 0. The van der Waals surface area contributed by atoms with E-state index in [2.05, 4.69) is 0 Å². The number of ether oxygens (including phenoxy) is 3. The van der Waals surface area contributed by atoms with Crippen LogP contribution in [-0.4, -0.2) is 49.2 Å². The number of nitrogens with zero attached hydrogens (tertiary/aromatic N) is 1. The highest BCUT2D eigenvalue weighted by Gasteiger charge is 2.42. The Morgan fingerprint density at radius 1 is 1.00 bits per heavy atom. The lowest BCUT2D eigenvalue weighted by Crippen LogP contribution is -2.44. The van der Waals surface area contributed by atoms with Gasteiger partial charge in [-0.1, -0.05) is 12.1 Å². The molecule has 2 rings (SSSR count). The van der Waals surface area contributed by atoms with Crippen molar-refractivity contribution in [2.75, 3.05) is 20.3 Å². The molecule has 0 radical (unpaired) electrons. The zero-order valence-electron chi connectivity index (χ0n) is 14.5. The van der Waals surface area contributed by atoms with Crippen LogP contribution < -0.4 is 4.74 Å². The summed E-state index contributed by atoms with van der Waals surface area (Å²) in [6.45, 7) is 4.70. The monoisotopic (exact) mass is 335 g/mol. The first kappa shape index (κ1) is 18.3. The van der Waals surface area contributed by atoms with Crippen molar-refractivity contribution in [3.05, 3.63) is 29.8 Å². The molecular formula is C18H25NO5. The normalized spacial score (nSPS) is 20.6. The highest BCUT2D eigenvalue weighted by atomic mass is 16.5. The third-order valence-corrected chi connectivity index (χ3v) is 4.16. The fourth-order valence-electron chi connectivity index (χ4n) is 3.01. The third-order valence-electron chi connectivity index (χ3n) is 4.16. The SMILES string of the molecule is CCOC(=O)[C@H]1CC[C@@H](C(=O)OCC)N1Cc1ccc(OC)cc1. The molecular weight excluding hydrogens is 310 g/mol. The number of hydrogen-bond donors (Lipinski definition) is 0. The summed E-state index contributed by atoms with van der Waals surface area (Å²) >= 11 is 0. The molecule has 0 unspecified atom stereocenters. The second-order valence-electron chi connectivity index (χ2n) is 5.63. The van der Waals surface area contributed by atoms with Crippen LogP contribution in [0.4, 0.5) is 0 Å². The van der Waals surface area contributed by atoms with Crippen LogP contribution in [0.2, 0.25) is 0 Å². The van der Waals surface area contributed by atoms with Gasteiger partial charge in [-0.3, -0.25) is 14.5 Å². The van der Waals surface area contributed by atoms with E-state index in [1.165, 1.54) is 0 Å². The molecule has 1 aromatic carbocycles. The van der Waals surface area contributed by atoms with Crippen LogP contribution >= 0.6 is 0 Å². The summed E-state index contributed by atoms with van der Waals surface area (Å²) < 4.78 is 15.5. The lowest BCUT2D eigenvalue weighted by atomic mass is 10.1. The molecule has 24 heavy (non-hydrogen) atoms. The van der Waals surface area contributed by atoms with Crippen molar-refractivity contribution in [2.45, 2.75) is 45.3 Å². The van der Waals surface area contributed by atoms with Crippen molar-refractivity contribution >= 4 is 11.9 Å². The van der Waals surface area contributed by atoms with Crippen LogP contribution in [0, 0.1) is 0 Å². The molecule has 0 N–H and O–H groups in total. The van der Waals surface area contributed by atoms with Crippen molar-refractivity contribution in [2.24, 2.45) is 0 Å². The molecule has 0 saturated carbocycles. The zero-order chi connectivity index (χ0) is 17.5. The van der Waals surface area contributed by atoms with E-state index in [0.717, 1.165) is 11.3 Å². The van der Waals surface area contributed by atoms with Crippen LogP contribution in [0.3, 0.4) is 0 Å². The summed E-state index contributed by atoms with van der Waals surface area (Å²) in [5.74, 6) is 0.208. The second kappa shape index (κ2) is 8.68. The van der Waals surface area contributed by atoms with Crippen molar-refractivity contribution in [1.82, 2.24) is 4.90 Å². The largest absolute Gasteiger partial charge is 0.497 e. The lowest BCUT2D eigenvalue weighted by Gasteiger charge is -2.27. The predicted octanol–water partition coefficient (Wildman–Crippen LogP) is 2.15. The molecule has 0 spiro atoms. The molecule has 1 saturated heterocycles. The number of rotatable bonds is 7. The second-order valence-corrected chi connectivity index (χ2v) is 5.63. The van der Waals surface area contributed by atoms with Gasteiger partial charge in [0.2, 0.25) is 0 Å². The van der Waals surface area contributed by atoms with Gasteiger partial charge in [-0.05, 0) is 44.4 Å². The van der Waals surface area contributed by atoms with Crippen LogP contribution in [0.15, 0.2) is 24.3 Å². The van der Waals surface area contributed by atoms with E-state index in [0.29, 0.717) is 32.6 Å². The van der Waals surface area contributed by atoms with E-state index in [4.69, 9.17) is 14.2 Å². The molecule has 6 heteroatoms. The van der Waals surface area contributed by atoms with Gasteiger partial charge in [0.25, 0.3) is 0 Å². The first-order chi connectivity index (χ1) is 11.6. The molecule has 1 aliphatic heterocycles. The van der Waals surface area contributed by atoms with E-state index in [-0.39, 0.29) is 11.9 Å². The Balaban J connectivity index is 2.17. The third kappa shape index (κ3) is 4.26. The smallest absolute Gasteiger partial charge is 0.323 e. The van der Waals surface area contributed by atoms with Crippen molar-refractivity contribution < 1.29 is 23.8 Å². The van der Waals surface area contributed by atoms with E-state index in [9.17, 15) is 9.59 Å². The summed E-state index contributed by atoms with van der Waals surface area (Å²) in [7, 11) is 1.61. The molecule has 1 heterocycles. The first-order valence-corrected chi connectivity index (χ1v) is 8.32. The topological polar surface area (TPSA) is 65.1 Å². The quantitative estimate of drug-likeness (QED) is 0.712. The van der Waals surface area contributed by atoms with E-state index in [1.807, 2.05) is 29.2 Å². The molecule has 0 aliphatic carbocycles. The van der Waals surface area contributed by atoms with Gasteiger partial charge in [-0.2, -0.15) is 0 Å². The van der Waals surface area contributed by atoms with Crippen molar-refractivity contribution in [1.29, 1.82) is 0 Å². The maximum Gasteiger partial charge on any atom is 0.323 e. The minimum absolute atomic E-state index is 0.280. The maximum absolute atomic E-state index is 12.2. The van der Waals surface area contributed by atoms with Crippen molar-refractivity contribution in [3.63, 3.8) is 0 Å². The van der Waals surface area contributed by atoms with E-state index < -0.39 is 12.1 Å². The van der Waals surface area contributed by atoms with Gasteiger partial charge in [-0.15, -0.1) is 0 Å². The lowest BCUT2D eigenvalue weighted by molar-refractivity contribution is -0.153. The van der Waals surface area contributed by atoms with Gasteiger partial charge in [0, 0.05) is 6.54 Å². The Hall–Kier alpha value is -2.08. The summed E-state index contributed by atoms with van der Waals surface area (Å²) in [6.07, 6.45) is 1.19. The van der Waals surface area contributed by atoms with Crippen molar-refractivity contribution in [3.8, 4) is 5.75 Å². The Morgan fingerprint density at radius 3 is 1.92 bits per heavy atom. The fraction of sp³-hybridized carbons (Fsp3) is 0.556. The Bertz CT molecular complexity index is 531. The van der Waals surface area contributed by atoms with Crippen LogP contribution in [0.25, 0.3) is 0 Å². The maximum atomic E-state index is 12.2. The highest BCUT2D eigenvalue weighted by Crippen LogP contribution is 2.28. The van der Waals surface area contributed by atoms with Gasteiger partial charge < -0.3 is 14.2 Å². The summed E-state index contributed by atoms with van der Waals surface area (Å²) in [6, 6.07) is 6.76. The molecule has 132 valence electrons. The van der Waals surface area contributed by atoms with E-state index >= 15 is 0 Å². The van der Waals surface area contributed by atoms with Gasteiger partial charge in [-0.25, -0.2) is 0 Å². The average Bonchev–Trinajstić information content (AvgIpc) is 3.00.